The largest absolute Gasteiger partial charge is 0.459 e. The summed E-state index contributed by atoms with van der Waals surface area (Å²) in [6.07, 6.45) is 5.77. The molecule has 6 nitrogen and oxygen atoms in total. The van der Waals surface area contributed by atoms with Crippen molar-refractivity contribution in [2.24, 2.45) is 0 Å². The lowest BCUT2D eigenvalue weighted by atomic mass is 9.91. The Balaban J connectivity index is 2.07. The first-order valence-electron chi connectivity index (χ1n) is 8.62. The van der Waals surface area contributed by atoms with Crippen LogP contribution in [0, 0.1) is 0 Å². The molecule has 0 saturated carbocycles. The average molecular weight is 369 g/mol. The maximum absolute atomic E-state index is 12.0. The fourth-order valence-electron chi connectivity index (χ4n) is 3.13. The summed E-state index contributed by atoms with van der Waals surface area (Å²) in [6, 6.07) is -0.503. The van der Waals surface area contributed by atoms with Gasteiger partial charge < -0.3 is 19.9 Å². The van der Waals surface area contributed by atoms with E-state index in [4.69, 9.17) is 9.47 Å². The van der Waals surface area contributed by atoms with Crippen molar-refractivity contribution in [3.05, 3.63) is 24.3 Å². The minimum absolute atomic E-state index is 0.152. The number of amides is 1. The van der Waals surface area contributed by atoms with E-state index in [1.807, 2.05) is 19.9 Å². The second kappa shape index (κ2) is 8.87. The van der Waals surface area contributed by atoms with Crippen molar-refractivity contribution in [2.45, 2.75) is 70.0 Å². The van der Waals surface area contributed by atoms with Gasteiger partial charge in [0.2, 0.25) is 0 Å². The first kappa shape index (κ1) is 20.0. The number of unbranched alkanes of at least 4 members (excludes halogenated alkanes) is 1. The predicted molar refractivity (Wildman–Crippen MR) is 97.2 cm³/mol. The van der Waals surface area contributed by atoms with Gasteiger partial charge in [-0.2, -0.15) is 0 Å². The van der Waals surface area contributed by atoms with Crippen molar-refractivity contribution < 1.29 is 24.2 Å². The van der Waals surface area contributed by atoms with Crippen LogP contribution in [0.1, 0.15) is 46.0 Å². The maximum Gasteiger partial charge on any atom is 0.330 e. The van der Waals surface area contributed by atoms with E-state index in [0.717, 1.165) is 36.6 Å². The van der Waals surface area contributed by atoms with E-state index >= 15 is 0 Å². The molecule has 4 atom stereocenters. The Bertz CT molecular complexity index is 546. The molecule has 25 heavy (non-hydrogen) atoms. The summed E-state index contributed by atoms with van der Waals surface area (Å²) < 4.78 is 11.5. The van der Waals surface area contributed by atoms with E-state index in [1.165, 1.54) is 6.08 Å². The first-order chi connectivity index (χ1) is 11.8. The van der Waals surface area contributed by atoms with Crippen molar-refractivity contribution >= 4 is 23.0 Å². The van der Waals surface area contributed by atoms with E-state index < -0.39 is 23.9 Å². The molecule has 140 valence electrons. The quantitative estimate of drug-likeness (QED) is 0.311. The van der Waals surface area contributed by atoms with Gasteiger partial charge in [0.05, 0.1) is 12.1 Å². The smallest absolute Gasteiger partial charge is 0.330 e. The number of rotatable bonds is 7. The minimum atomic E-state index is -1.52. The number of esters is 1. The molecule has 2 aliphatic rings. The summed E-state index contributed by atoms with van der Waals surface area (Å²) in [7, 11) is 0. The molecule has 2 saturated heterocycles. The molecule has 7 heteroatoms. The molecule has 0 aliphatic carbocycles. The summed E-state index contributed by atoms with van der Waals surface area (Å²) >= 11 is 1.12. The summed E-state index contributed by atoms with van der Waals surface area (Å²) in [6.45, 7) is 7.36. The van der Waals surface area contributed by atoms with Crippen LogP contribution in [0.3, 0.4) is 0 Å². The Morgan fingerprint density at radius 2 is 2.32 bits per heavy atom. The molecule has 2 N–H and O–H groups in total. The third-order valence-electron chi connectivity index (χ3n) is 4.26. The number of nitrogens with one attached hydrogen (secondary N) is 1. The zero-order valence-electron chi connectivity index (χ0n) is 14.8. The third kappa shape index (κ3) is 5.87. The van der Waals surface area contributed by atoms with Gasteiger partial charge in [-0.25, -0.2) is 4.79 Å². The van der Waals surface area contributed by atoms with Gasteiger partial charge in [-0.05, 0) is 33.1 Å². The van der Waals surface area contributed by atoms with Gasteiger partial charge in [0.25, 0.3) is 5.24 Å². The summed E-state index contributed by atoms with van der Waals surface area (Å²) in [5, 5.41) is 13.6. The van der Waals surface area contributed by atoms with Crippen LogP contribution in [0.25, 0.3) is 0 Å². The highest BCUT2D eigenvalue weighted by Crippen LogP contribution is 2.36. The molecule has 0 radical (unpaired) electrons. The van der Waals surface area contributed by atoms with Crippen LogP contribution in [0.5, 0.6) is 0 Å². The Kier molecular flexibility index (Phi) is 7.10. The van der Waals surface area contributed by atoms with E-state index in [2.05, 4.69) is 11.9 Å². The number of carbonyl (C=O) groups excluding carboxylic acids is 2. The van der Waals surface area contributed by atoms with Crippen LogP contribution in [0.4, 0.5) is 4.79 Å². The summed E-state index contributed by atoms with van der Waals surface area (Å²) in [4.78, 5) is 23.5. The molecule has 0 aromatic rings. The van der Waals surface area contributed by atoms with Crippen LogP contribution in [-0.4, -0.2) is 46.1 Å². The number of aliphatic hydroxyl groups is 1. The van der Waals surface area contributed by atoms with Gasteiger partial charge in [0.15, 0.2) is 5.79 Å². The van der Waals surface area contributed by atoms with E-state index in [-0.39, 0.29) is 17.8 Å². The van der Waals surface area contributed by atoms with Crippen molar-refractivity contribution in [1.82, 2.24) is 5.32 Å². The Morgan fingerprint density at radius 3 is 2.92 bits per heavy atom. The molecular weight excluding hydrogens is 342 g/mol. The average Bonchev–Trinajstić information content (AvgIpc) is 2.93. The number of allylic oxidation sites excluding steroid dienone is 2. The fourth-order valence-corrected chi connectivity index (χ4v) is 4.02. The van der Waals surface area contributed by atoms with Crippen LogP contribution in [0.15, 0.2) is 24.3 Å². The molecule has 0 aromatic carbocycles. The molecule has 1 amide bonds. The van der Waals surface area contributed by atoms with Crippen LogP contribution >= 0.6 is 11.8 Å². The second-order valence-electron chi connectivity index (χ2n) is 6.82. The topological polar surface area (TPSA) is 84.9 Å². The highest BCUT2D eigenvalue weighted by atomic mass is 32.2. The molecule has 0 spiro atoms. The molecule has 1 unspecified atom stereocenters. The first-order valence-corrected chi connectivity index (χ1v) is 9.61. The lowest BCUT2D eigenvalue weighted by Crippen LogP contribution is -2.58. The minimum Gasteiger partial charge on any atom is -0.459 e. The SMILES string of the molecule is C=CCCC[C@@H]1CC(OC(=O)C=C(C)C)C[C@](O)([C@@H]2CSC(=O)N2)O1. The highest BCUT2D eigenvalue weighted by Gasteiger charge is 2.49. The molecular formula is C18H27NO5S. The normalized spacial score (nSPS) is 32.0. The van der Waals surface area contributed by atoms with E-state index in [1.54, 1.807) is 0 Å². The number of carbonyl (C=O) groups is 2. The van der Waals surface area contributed by atoms with E-state index in [0.29, 0.717) is 12.2 Å². The molecule has 2 fully saturated rings. The molecule has 2 heterocycles. The lowest BCUT2D eigenvalue weighted by Gasteiger charge is -2.43. The molecule has 2 aliphatic heterocycles. The second-order valence-corrected chi connectivity index (χ2v) is 7.81. The number of ether oxygens (including phenoxy) is 2. The Labute approximate surface area is 153 Å². The van der Waals surface area contributed by atoms with Gasteiger partial charge >= 0.3 is 5.97 Å². The van der Waals surface area contributed by atoms with Gasteiger partial charge in [-0.15, -0.1) is 6.58 Å². The Hall–Kier alpha value is -1.31. The monoisotopic (exact) mass is 369 g/mol. The molecule has 0 aromatic heterocycles. The fraction of sp³-hybridized carbons (Fsp3) is 0.667. The van der Waals surface area contributed by atoms with Gasteiger partial charge in [-0.1, -0.05) is 23.4 Å². The molecule has 0 bridgehead atoms. The lowest BCUT2D eigenvalue weighted by molar-refractivity contribution is -0.283. The van der Waals surface area contributed by atoms with Gasteiger partial charge in [-0.3, -0.25) is 4.79 Å². The zero-order chi connectivity index (χ0) is 18.4. The van der Waals surface area contributed by atoms with Crippen molar-refractivity contribution in [3.8, 4) is 0 Å². The predicted octanol–water partition coefficient (Wildman–Crippen LogP) is 2.91. The number of thioether (sulfide) groups is 1. The number of hydrogen-bond donors (Lipinski definition) is 2. The molecule has 2 rings (SSSR count). The van der Waals surface area contributed by atoms with Crippen LogP contribution in [0.2, 0.25) is 0 Å². The van der Waals surface area contributed by atoms with Crippen molar-refractivity contribution in [2.75, 3.05) is 5.75 Å². The maximum atomic E-state index is 12.0. The van der Waals surface area contributed by atoms with Crippen LogP contribution in [-0.2, 0) is 14.3 Å². The van der Waals surface area contributed by atoms with Gasteiger partial charge in [0, 0.05) is 24.7 Å². The summed E-state index contributed by atoms with van der Waals surface area (Å²) in [5.74, 6) is -1.50. The van der Waals surface area contributed by atoms with Crippen LogP contribution < -0.4 is 5.32 Å². The third-order valence-corrected chi connectivity index (χ3v) is 5.14. The van der Waals surface area contributed by atoms with Crippen molar-refractivity contribution in [1.29, 1.82) is 0 Å². The zero-order valence-corrected chi connectivity index (χ0v) is 15.6. The Morgan fingerprint density at radius 1 is 1.56 bits per heavy atom. The van der Waals surface area contributed by atoms with E-state index in [9.17, 15) is 14.7 Å². The standard InChI is InChI=1S/C18H27NO5S/c1-4-5-6-7-13-9-14(23-16(20)8-12(2)3)10-18(22,24-13)15-11-25-17(21)19-15/h4,8,13-15,22H,1,5-7,9-11H2,2-3H3,(H,19,21)/t13-,14?,15+,18-/m1/s1. The highest BCUT2D eigenvalue weighted by molar-refractivity contribution is 8.14. The van der Waals surface area contributed by atoms with Gasteiger partial charge in [0.1, 0.15) is 6.10 Å². The van der Waals surface area contributed by atoms with Crippen molar-refractivity contribution in [3.63, 3.8) is 0 Å². The number of hydrogen-bond acceptors (Lipinski definition) is 6. The summed E-state index contributed by atoms with van der Waals surface area (Å²) in [5.41, 5.74) is 0.856.